The van der Waals surface area contributed by atoms with Gasteiger partial charge in [-0.05, 0) is 36.7 Å². The predicted molar refractivity (Wildman–Crippen MR) is 93.8 cm³/mol. The first kappa shape index (κ1) is 18.2. The second kappa shape index (κ2) is 6.76. The van der Waals surface area contributed by atoms with E-state index >= 15 is 0 Å². The van der Waals surface area contributed by atoms with Crippen LogP contribution in [-0.4, -0.2) is 50.4 Å². The van der Waals surface area contributed by atoms with Gasteiger partial charge in [-0.15, -0.1) is 0 Å². The summed E-state index contributed by atoms with van der Waals surface area (Å²) in [5.74, 6) is -0.508. The van der Waals surface area contributed by atoms with Gasteiger partial charge in [0.25, 0.3) is 11.8 Å². The van der Waals surface area contributed by atoms with E-state index in [2.05, 4.69) is 31.4 Å². The number of carbonyl (C=O) groups excluding carboxylic acids is 2. The van der Waals surface area contributed by atoms with Crippen molar-refractivity contribution >= 4 is 33.4 Å². The first-order valence-electron chi connectivity index (χ1n) is 7.48. The van der Waals surface area contributed by atoms with E-state index in [1.807, 2.05) is 6.92 Å². The van der Waals surface area contributed by atoms with Gasteiger partial charge in [-0.1, -0.05) is 0 Å². The van der Waals surface area contributed by atoms with E-state index in [0.29, 0.717) is 17.9 Å². The summed E-state index contributed by atoms with van der Waals surface area (Å²) in [5, 5.41) is 11.1. The van der Waals surface area contributed by atoms with Crippen molar-refractivity contribution in [1.29, 1.82) is 0 Å². The van der Waals surface area contributed by atoms with E-state index in [4.69, 9.17) is 0 Å². The van der Waals surface area contributed by atoms with Crippen LogP contribution in [0.4, 0.5) is 5.69 Å². The van der Waals surface area contributed by atoms with Gasteiger partial charge in [0.05, 0.1) is 22.6 Å². The standard InChI is InChI=1S/C15H21BrN6O2/c1-6-21-12(13(23)20(4)5)11(8-17-21)19-14(24)15(2,3)22-9-10(16)7-18-22/h7-9H,6H2,1-5H3,(H,19,24). The van der Waals surface area contributed by atoms with Crippen LogP contribution in [0.25, 0.3) is 0 Å². The summed E-state index contributed by atoms with van der Waals surface area (Å²) in [6.07, 6.45) is 4.83. The minimum absolute atomic E-state index is 0.218. The third kappa shape index (κ3) is 3.35. The molecule has 8 nitrogen and oxygen atoms in total. The zero-order chi connectivity index (χ0) is 18.1. The molecule has 0 aromatic carbocycles. The molecule has 0 saturated carbocycles. The number of hydrogen-bond acceptors (Lipinski definition) is 4. The van der Waals surface area contributed by atoms with E-state index in [0.717, 1.165) is 4.47 Å². The summed E-state index contributed by atoms with van der Waals surface area (Å²) in [7, 11) is 3.32. The molecule has 0 aliphatic carbocycles. The Balaban J connectivity index is 2.32. The molecular weight excluding hydrogens is 376 g/mol. The Hall–Kier alpha value is -2.16. The molecule has 2 amide bonds. The maximum absolute atomic E-state index is 12.7. The molecule has 0 aliphatic rings. The number of aryl methyl sites for hydroxylation is 1. The topological polar surface area (TPSA) is 85.0 Å². The van der Waals surface area contributed by atoms with E-state index in [9.17, 15) is 9.59 Å². The monoisotopic (exact) mass is 396 g/mol. The molecule has 2 aromatic rings. The predicted octanol–water partition coefficient (Wildman–Crippen LogP) is 1.94. The van der Waals surface area contributed by atoms with Crippen molar-refractivity contribution in [2.75, 3.05) is 19.4 Å². The molecule has 2 aromatic heterocycles. The number of nitrogens with zero attached hydrogens (tertiary/aromatic N) is 5. The maximum Gasteiger partial charge on any atom is 0.273 e. The van der Waals surface area contributed by atoms with E-state index in [1.165, 1.54) is 11.1 Å². The molecule has 0 fully saturated rings. The summed E-state index contributed by atoms with van der Waals surface area (Å²) in [6, 6.07) is 0. The van der Waals surface area contributed by atoms with Crippen LogP contribution in [0.2, 0.25) is 0 Å². The molecule has 1 N–H and O–H groups in total. The second-order valence-corrected chi connectivity index (χ2v) is 6.95. The van der Waals surface area contributed by atoms with Crippen LogP contribution in [0.5, 0.6) is 0 Å². The zero-order valence-electron chi connectivity index (χ0n) is 14.4. The van der Waals surface area contributed by atoms with Crippen LogP contribution in [0.3, 0.4) is 0 Å². The Labute approximate surface area is 148 Å². The van der Waals surface area contributed by atoms with Crippen LogP contribution in [0.15, 0.2) is 23.1 Å². The third-order valence-electron chi connectivity index (χ3n) is 3.68. The largest absolute Gasteiger partial charge is 0.343 e. The summed E-state index contributed by atoms with van der Waals surface area (Å²) in [5.41, 5.74) is -0.188. The molecule has 0 bridgehead atoms. The van der Waals surface area contributed by atoms with Crippen LogP contribution < -0.4 is 5.32 Å². The van der Waals surface area contributed by atoms with Crippen molar-refractivity contribution in [2.45, 2.75) is 32.9 Å². The van der Waals surface area contributed by atoms with Gasteiger partial charge in [-0.2, -0.15) is 10.2 Å². The highest BCUT2D eigenvalue weighted by atomic mass is 79.9. The van der Waals surface area contributed by atoms with Gasteiger partial charge in [0.15, 0.2) is 0 Å². The summed E-state index contributed by atoms with van der Waals surface area (Å²) in [4.78, 5) is 26.6. The average molecular weight is 397 g/mol. The van der Waals surface area contributed by atoms with Crippen LogP contribution in [0.1, 0.15) is 31.3 Å². The first-order chi connectivity index (χ1) is 11.2. The maximum atomic E-state index is 12.7. The lowest BCUT2D eigenvalue weighted by Gasteiger charge is -2.24. The van der Waals surface area contributed by atoms with Crippen molar-refractivity contribution in [2.24, 2.45) is 0 Å². The molecule has 24 heavy (non-hydrogen) atoms. The normalized spacial score (nSPS) is 11.4. The fraction of sp³-hybridized carbons (Fsp3) is 0.467. The first-order valence-corrected chi connectivity index (χ1v) is 8.27. The lowest BCUT2D eigenvalue weighted by Crippen LogP contribution is -2.41. The van der Waals surface area contributed by atoms with Crippen LogP contribution in [-0.2, 0) is 16.9 Å². The Bertz CT molecular complexity index is 762. The number of amides is 2. The van der Waals surface area contributed by atoms with Crippen LogP contribution in [0, 0.1) is 0 Å². The quantitative estimate of drug-likeness (QED) is 0.836. The Kier molecular flexibility index (Phi) is 5.12. The zero-order valence-corrected chi connectivity index (χ0v) is 16.0. The summed E-state index contributed by atoms with van der Waals surface area (Å²) in [6.45, 7) is 5.91. The van der Waals surface area contributed by atoms with Crippen molar-refractivity contribution < 1.29 is 9.59 Å². The second-order valence-electron chi connectivity index (χ2n) is 6.04. The van der Waals surface area contributed by atoms with Gasteiger partial charge in [0, 0.05) is 26.8 Å². The SMILES string of the molecule is CCn1ncc(NC(=O)C(C)(C)n2cc(Br)cn2)c1C(=O)N(C)C. The fourth-order valence-corrected chi connectivity index (χ4v) is 2.43. The molecule has 0 spiro atoms. The fourth-order valence-electron chi connectivity index (χ4n) is 2.14. The smallest absolute Gasteiger partial charge is 0.273 e. The van der Waals surface area contributed by atoms with Crippen molar-refractivity contribution in [1.82, 2.24) is 24.5 Å². The molecule has 0 radical (unpaired) electrons. The highest BCUT2D eigenvalue weighted by Crippen LogP contribution is 2.22. The van der Waals surface area contributed by atoms with Gasteiger partial charge in [0.2, 0.25) is 0 Å². The minimum Gasteiger partial charge on any atom is -0.343 e. The highest BCUT2D eigenvalue weighted by Gasteiger charge is 2.32. The van der Waals surface area contributed by atoms with Gasteiger partial charge in [0.1, 0.15) is 11.2 Å². The minimum atomic E-state index is -0.932. The number of nitrogens with one attached hydrogen (secondary N) is 1. The summed E-state index contributed by atoms with van der Waals surface area (Å²) >= 11 is 3.32. The number of rotatable bonds is 5. The lowest BCUT2D eigenvalue weighted by atomic mass is 10.0. The van der Waals surface area contributed by atoms with E-state index in [1.54, 1.807) is 49.7 Å². The molecule has 2 rings (SSSR count). The number of carbonyl (C=O) groups is 2. The third-order valence-corrected chi connectivity index (χ3v) is 4.08. The molecule has 0 saturated heterocycles. The highest BCUT2D eigenvalue weighted by molar-refractivity contribution is 9.10. The lowest BCUT2D eigenvalue weighted by molar-refractivity contribution is -0.123. The molecule has 2 heterocycles. The van der Waals surface area contributed by atoms with Crippen molar-refractivity contribution in [3.63, 3.8) is 0 Å². The van der Waals surface area contributed by atoms with E-state index in [-0.39, 0.29) is 11.8 Å². The number of anilines is 1. The van der Waals surface area contributed by atoms with Gasteiger partial charge in [-0.3, -0.25) is 19.0 Å². The Morgan fingerprint density at radius 1 is 1.29 bits per heavy atom. The molecule has 9 heteroatoms. The summed E-state index contributed by atoms with van der Waals surface area (Å²) < 4.78 is 3.91. The van der Waals surface area contributed by atoms with Gasteiger partial charge < -0.3 is 10.2 Å². The molecule has 0 aliphatic heterocycles. The Morgan fingerprint density at radius 3 is 2.46 bits per heavy atom. The molecular formula is C15H21BrN6O2. The number of aromatic nitrogens is 4. The molecule has 0 unspecified atom stereocenters. The van der Waals surface area contributed by atoms with Gasteiger partial charge >= 0.3 is 0 Å². The number of hydrogen-bond donors (Lipinski definition) is 1. The van der Waals surface area contributed by atoms with Gasteiger partial charge in [-0.25, -0.2) is 0 Å². The van der Waals surface area contributed by atoms with Crippen molar-refractivity contribution in [3.8, 4) is 0 Å². The van der Waals surface area contributed by atoms with E-state index < -0.39 is 5.54 Å². The number of halogens is 1. The average Bonchev–Trinajstić information content (AvgIpc) is 3.12. The molecule has 130 valence electrons. The van der Waals surface area contributed by atoms with Crippen LogP contribution >= 0.6 is 15.9 Å². The van der Waals surface area contributed by atoms with Crippen molar-refractivity contribution in [3.05, 3.63) is 28.8 Å². The Morgan fingerprint density at radius 2 is 1.96 bits per heavy atom. The molecule has 0 atom stereocenters.